The molecule has 0 unspecified atom stereocenters. The molecular formula is C20H26N2O4. The molecule has 1 saturated heterocycles. The number of benzene rings is 1. The van der Waals surface area contributed by atoms with Crippen LogP contribution in [0.15, 0.2) is 24.3 Å². The van der Waals surface area contributed by atoms with Crippen molar-refractivity contribution in [1.82, 2.24) is 4.90 Å². The first-order valence-corrected chi connectivity index (χ1v) is 9.47. The van der Waals surface area contributed by atoms with Gasteiger partial charge in [-0.3, -0.25) is 14.4 Å². The van der Waals surface area contributed by atoms with Crippen LogP contribution in [-0.2, 0) is 9.59 Å². The number of carbonyl (C=O) groups is 3. The zero-order chi connectivity index (χ0) is 18.5. The third kappa shape index (κ3) is 4.42. The highest BCUT2D eigenvalue weighted by atomic mass is 16.4. The molecule has 2 aliphatic rings. The van der Waals surface area contributed by atoms with Gasteiger partial charge in [-0.15, -0.1) is 0 Å². The number of carboxylic acids is 1. The number of carbonyl (C=O) groups excluding carboxylic acids is 2. The molecule has 0 atom stereocenters. The van der Waals surface area contributed by atoms with E-state index in [1.807, 2.05) is 0 Å². The molecule has 0 radical (unpaired) electrons. The van der Waals surface area contributed by atoms with Gasteiger partial charge in [0.1, 0.15) is 0 Å². The van der Waals surface area contributed by atoms with Crippen LogP contribution in [0, 0.1) is 11.8 Å². The van der Waals surface area contributed by atoms with Gasteiger partial charge in [0, 0.05) is 30.3 Å². The van der Waals surface area contributed by atoms with E-state index >= 15 is 0 Å². The molecule has 6 heteroatoms. The Balaban J connectivity index is 1.54. The molecule has 2 amide bonds. The lowest BCUT2D eigenvalue weighted by Gasteiger charge is -2.30. The van der Waals surface area contributed by atoms with Crippen molar-refractivity contribution in [1.29, 1.82) is 0 Å². The van der Waals surface area contributed by atoms with E-state index < -0.39 is 5.97 Å². The van der Waals surface area contributed by atoms with Crippen molar-refractivity contribution in [3.63, 3.8) is 0 Å². The van der Waals surface area contributed by atoms with E-state index in [0.29, 0.717) is 37.2 Å². The number of piperidine rings is 1. The van der Waals surface area contributed by atoms with Gasteiger partial charge in [-0.1, -0.05) is 19.3 Å². The number of rotatable bonds is 4. The molecular weight excluding hydrogens is 332 g/mol. The van der Waals surface area contributed by atoms with Crippen molar-refractivity contribution in [3.05, 3.63) is 29.8 Å². The Labute approximate surface area is 153 Å². The lowest BCUT2D eigenvalue weighted by Crippen LogP contribution is -2.40. The first-order chi connectivity index (χ1) is 12.5. The van der Waals surface area contributed by atoms with E-state index in [2.05, 4.69) is 5.32 Å². The minimum Gasteiger partial charge on any atom is -0.481 e. The summed E-state index contributed by atoms with van der Waals surface area (Å²) in [5.74, 6) is -1.05. The molecule has 6 nitrogen and oxygen atoms in total. The van der Waals surface area contributed by atoms with Crippen molar-refractivity contribution >= 4 is 23.5 Å². The highest BCUT2D eigenvalue weighted by molar-refractivity contribution is 5.96. The average Bonchev–Trinajstić information content (AvgIpc) is 2.69. The number of nitrogens with zero attached hydrogens (tertiary/aromatic N) is 1. The number of likely N-dealkylation sites (tertiary alicyclic amines) is 1. The summed E-state index contributed by atoms with van der Waals surface area (Å²) in [5, 5.41) is 12.0. The fourth-order valence-electron chi connectivity index (χ4n) is 3.82. The van der Waals surface area contributed by atoms with Crippen LogP contribution in [0.1, 0.15) is 55.3 Å². The number of hydrogen-bond donors (Lipinski definition) is 2. The fraction of sp³-hybridized carbons (Fsp3) is 0.550. The SMILES string of the molecule is O=C(O)C1CCN(C(=O)c2ccc(NC(=O)C3CCCCC3)cc2)CC1. The molecule has 140 valence electrons. The highest BCUT2D eigenvalue weighted by Gasteiger charge is 2.27. The molecule has 3 rings (SSSR count). The highest BCUT2D eigenvalue weighted by Crippen LogP contribution is 2.25. The summed E-state index contributed by atoms with van der Waals surface area (Å²) in [7, 11) is 0. The van der Waals surface area contributed by atoms with Crippen LogP contribution >= 0.6 is 0 Å². The van der Waals surface area contributed by atoms with Gasteiger partial charge >= 0.3 is 5.97 Å². The van der Waals surface area contributed by atoms with Gasteiger partial charge < -0.3 is 15.3 Å². The van der Waals surface area contributed by atoms with Crippen molar-refractivity contribution in [2.75, 3.05) is 18.4 Å². The smallest absolute Gasteiger partial charge is 0.306 e. The Morgan fingerprint density at radius 3 is 2.08 bits per heavy atom. The molecule has 1 saturated carbocycles. The van der Waals surface area contributed by atoms with Crippen molar-refractivity contribution < 1.29 is 19.5 Å². The molecule has 1 heterocycles. The Bertz CT molecular complexity index is 657. The molecule has 1 aromatic rings. The van der Waals surface area contributed by atoms with Gasteiger partial charge in [-0.2, -0.15) is 0 Å². The summed E-state index contributed by atoms with van der Waals surface area (Å²) < 4.78 is 0. The number of carboxylic acid groups (broad SMARTS) is 1. The summed E-state index contributed by atoms with van der Waals surface area (Å²) in [6.07, 6.45) is 6.34. The monoisotopic (exact) mass is 358 g/mol. The van der Waals surface area contributed by atoms with E-state index in [4.69, 9.17) is 5.11 Å². The molecule has 0 spiro atoms. The van der Waals surface area contributed by atoms with E-state index in [-0.39, 0.29) is 23.7 Å². The number of amides is 2. The Hall–Kier alpha value is -2.37. The van der Waals surface area contributed by atoms with Crippen LogP contribution < -0.4 is 5.32 Å². The normalized spacial score (nSPS) is 19.2. The summed E-state index contributed by atoms with van der Waals surface area (Å²) in [6, 6.07) is 6.97. The molecule has 1 aromatic carbocycles. The van der Waals surface area contributed by atoms with Gasteiger partial charge in [0.25, 0.3) is 5.91 Å². The molecule has 26 heavy (non-hydrogen) atoms. The molecule has 1 aliphatic carbocycles. The zero-order valence-electron chi connectivity index (χ0n) is 14.9. The van der Waals surface area contributed by atoms with Crippen LogP contribution in [0.5, 0.6) is 0 Å². The predicted octanol–water partition coefficient (Wildman–Crippen LogP) is 3.14. The van der Waals surface area contributed by atoms with Gasteiger partial charge in [-0.05, 0) is 49.9 Å². The van der Waals surface area contributed by atoms with Gasteiger partial charge in [0.15, 0.2) is 0 Å². The number of nitrogens with one attached hydrogen (secondary N) is 1. The van der Waals surface area contributed by atoms with Crippen LogP contribution in [-0.4, -0.2) is 40.9 Å². The van der Waals surface area contributed by atoms with Gasteiger partial charge in [0.05, 0.1) is 5.92 Å². The molecule has 2 fully saturated rings. The lowest BCUT2D eigenvalue weighted by molar-refractivity contribution is -0.143. The lowest BCUT2D eigenvalue weighted by atomic mass is 9.88. The Morgan fingerprint density at radius 1 is 0.885 bits per heavy atom. The number of anilines is 1. The van der Waals surface area contributed by atoms with E-state index in [0.717, 1.165) is 25.7 Å². The second-order valence-corrected chi connectivity index (χ2v) is 7.31. The first-order valence-electron chi connectivity index (χ1n) is 9.47. The standard InChI is InChI=1S/C20H26N2O4/c23-18(14-4-2-1-3-5-14)21-17-8-6-15(7-9-17)19(24)22-12-10-16(11-13-22)20(25)26/h6-9,14,16H,1-5,10-13H2,(H,21,23)(H,25,26). The minimum atomic E-state index is -0.782. The summed E-state index contributed by atoms with van der Waals surface area (Å²) in [6.45, 7) is 0.936. The van der Waals surface area contributed by atoms with Crippen molar-refractivity contribution in [2.45, 2.75) is 44.9 Å². The summed E-state index contributed by atoms with van der Waals surface area (Å²) >= 11 is 0. The second kappa shape index (κ2) is 8.34. The van der Waals surface area contributed by atoms with Gasteiger partial charge in [0.2, 0.25) is 5.91 Å². The maximum atomic E-state index is 12.5. The van der Waals surface area contributed by atoms with E-state index in [1.54, 1.807) is 29.2 Å². The topological polar surface area (TPSA) is 86.7 Å². The number of aliphatic carboxylic acids is 1. The van der Waals surface area contributed by atoms with Crippen molar-refractivity contribution in [3.8, 4) is 0 Å². The summed E-state index contributed by atoms with van der Waals surface area (Å²) in [4.78, 5) is 37.5. The quantitative estimate of drug-likeness (QED) is 0.866. The largest absolute Gasteiger partial charge is 0.481 e. The maximum absolute atomic E-state index is 12.5. The maximum Gasteiger partial charge on any atom is 0.306 e. The molecule has 0 bridgehead atoms. The first kappa shape index (κ1) is 18.4. The van der Waals surface area contributed by atoms with E-state index in [9.17, 15) is 14.4 Å². The second-order valence-electron chi connectivity index (χ2n) is 7.31. The molecule has 1 aliphatic heterocycles. The third-order valence-electron chi connectivity index (χ3n) is 5.51. The minimum absolute atomic E-state index is 0.0690. The Morgan fingerprint density at radius 2 is 1.50 bits per heavy atom. The summed E-state index contributed by atoms with van der Waals surface area (Å²) in [5.41, 5.74) is 1.27. The molecule has 0 aromatic heterocycles. The third-order valence-corrected chi connectivity index (χ3v) is 5.51. The fourth-order valence-corrected chi connectivity index (χ4v) is 3.82. The van der Waals surface area contributed by atoms with Crippen LogP contribution in [0.3, 0.4) is 0 Å². The van der Waals surface area contributed by atoms with E-state index in [1.165, 1.54) is 6.42 Å². The average molecular weight is 358 g/mol. The Kier molecular flexibility index (Phi) is 5.91. The van der Waals surface area contributed by atoms with Crippen LogP contribution in [0.2, 0.25) is 0 Å². The van der Waals surface area contributed by atoms with Crippen LogP contribution in [0.25, 0.3) is 0 Å². The molecule has 2 N–H and O–H groups in total. The number of hydrogen-bond acceptors (Lipinski definition) is 3. The van der Waals surface area contributed by atoms with Crippen molar-refractivity contribution in [2.24, 2.45) is 11.8 Å². The zero-order valence-corrected chi connectivity index (χ0v) is 14.9. The van der Waals surface area contributed by atoms with Gasteiger partial charge in [-0.25, -0.2) is 0 Å². The van der Waals surface area contributed by atoms with Crippen LogP contribution in [0.4, 0.5) is 5.69 Å². The predicted molar refractivity (Wildman–Crippen MR) is 97.9 cm³/mol.